The summed E-state index contributed by atoms with van der Waals surface area (Å²) in [5.74, 6) is -0.315. The molecule has 3 atom stereocenters. The number of benzene rings is 2. The molecule has 200 valence electrons. The van der Waals surface area contributed by atoms with Crippen LogP contribution in [0.2, 0.25) is 0 Å². The number of imidazole rings is 1. The zero-order chi connectivity index (χ0) is 27.4. The van der Waals surface area contributed by atoms with E-state index in [1.54, 1.807) is 55.8 Å². The summed E-state index contributed by atoms with van der Waals surface area (Å²) in [5, 5.41) is 11.6. The molecule has 0 amide bonds. The molecular formula is C31H30FN3O3S. The fourth-order valence-corrected chi connectivity index (χ4v) is 8.11. The summed E-state index contributed by atoms with van der Waals surface area (Å²) < 4.78 is 43.2. The summed E-state index contributed by atoms with van der Waals surface area (Å²) in [6.07, 6.45) is 6.93. The maximum Gasteiger partial charge on any atom is 0.181 e. The van der Waals surface area contributed by atoms with Crippen LogP contribution in [-0.4, -0.2) is 33.3 Å². The van der Waals surface area contributed by atoms with E-state index in [1.165, 1.54) is 12.1 Å². The molecule has 1 N–H and O–H groups in total. The van der Waals surface area contributed by atoms with E-state index in [0.29, 0.717) is 29.9 Å². The van der Waals surface area contributed by atoms with Crippen LogP contribution < -0.4 is 0 Å². The van der Waals surface area contributed by atoms with E-state index >= 15 is 0 Å². The highest BCUT2D eigenvalue weighted by atomic mass is 32.2. The van der Waals surface area contributed by atoms with Gasteiger partial charge in [-0.25, -0.2) is 17.8 Å². The predicted molar refractivity (Wildman–Crippen MR) is 147 cm³/mol. The minimum atomic E-state index is -3.65. The maximum absolute atomic E-state index is 13.9. The van der Waals surface area contributed by atoms with Gasteiger partial charge in [0.05, 0.1) is 33.6 Å². The molecule has 1 saturated carbocycles. The zero-order valence-corrected chi connectivity index (χ0v) is 22.7. The summed E-state index contributed by atoms with van der Waals surface area (Å²) >= 11 is 0. The van der Waals surface area contributed by atoms with Crippen LogP contribution in [0.25, 0.3) is 11.8 Å². The van der Waals surface area contributed by atoms with Gasteiger partial charge in [-0.05, 0) is 87.7 Å². The smallest absolute Gasteiger partial charge is 0.181 e. The Hall–Kier alpha value is -3.62. The Kier molecular flexibility index (Phi) is 6.08. The average Bonchev–Trinajstić information content (AvgIpc) is 3.34. The molecule has 2 heterocycles. The number of aromatic nitrogens is 3. The van der Waals surface area contributed by atoms with Crippen molar-refractivity contribution in [2.24, 2.45) is 5.41 Å². The van der Waals surface area contributed by atoms with E-state index < -0.39 is 26.1 Å². The Morgan fingerprint density at radius 3 is 2.49 bits per heavy atom. The number of halogens is 1. The molecule has 6 nitrogen and oxygen atoms in total. The van der Waals surface area contributed by atoms with Gasteiger partial charge in [-0.3, -0.25) is 9.55 Å². The lowest BCUT2D eigenvalue weighted by atomic mass is 9.56. The first-order valence-electron chi connectivity index (χ1n) is 13.1. The van der Waals surface area contributed by atoms with Crippen molar-refractivity contribution >= 4 is 15.9 Å². The third-order valence-corrected chi connectivity index (χ3v) is 10.8. The van der Waals surface area contributed by atoms with Crippen LogP contribution in [-0.2, 0) is 21.9 Å². The predicted octanol–water partition coefficient (Wildman–Crippen LogP) is 5.57. The Balaban J connectivity index is 1.48. The van der Waals surface area contributed by atoms with Crippen LogP contribution in [0.4, 0.5) is 4.39 Å². The molecule has 6 rings (SSSR count). The van der Waals surface area contributed by atoms with Crippen LogP contribution in [0.5, 0.6) is 0 Å². The van der Waals surface area contributed by atoms with Crippen molar-refractivity contribution in [1.29, 1.82) is 0 Å². The van der Waals surface area contributed by atoms with Gasteiger partial charge in [-0.1, -0.05) is 29.3 Å². The van der Waals surface area contributed by atoms with Crippen LogP contribution >= 0.6 is 0 Å². The molecule has 8 heteroatoms. The highest BCUT2D eigenvalue weighted by Crippen LogP contribution is 2.58. The summed E-state index contributed by atoms with van der Waals surface area (Å²) in [5.41, 5.74) is 2.47. The van der Waals surface area contributed by atoms with Gasteiger partial charge < -0.3 is 5.11 Å². The van der Waals surface area contributed by atoms with Crippen molar-refractivity contribution in [2.75, 3.05) is 0 Å². The highest BCUT2D eigenvalue weighted by Gasteiger charge is 2.57. The average molecular weight is 544 g/mol. The SMILES string of the molecule is Cc1ccc(S(=O)(=O)[C@H]2CCC3=Cc4c(ncn4-c4ccc(F)cc4)C[C@]3(C(C)(O)c3ccccn3)C2)cc1. The molecule has 39 heavy (non-hydrogen) atoms. The Morgan fingerprint density at radius 1 is 1.05 bits per heavy atom. The normalized spacial score (nSPS) is 22.4. The Bertz CT molecular complexity index is 1660. The Morgan fingerprint density at radius 2 is 1.79 bits per heavy atom. The first kappa shape index (κ1) is 25.6. The fourth-order valence-electron chi connectivity index (χ4n) is 6.28. The van der Waals surface area contributed by atoms with Gasteiger partial charge in [-0.2, -0.15) is 0 Å². The molecule has 0 radical (unpaired) electrons. The molecule has 0 bridgehead atoms. The van der Waals surface area contributed by atoms with Gasteiger partial charge in [0.25, 0.3) is 0 Å². The lowest BCUT2D eigenvalue weighted by Crippen LogP contribution is -2.53. The summed E-state index contributed by atoms with van der Waals surface area (Å²) in [6, 6.07) is 18.6. The Labute approximate surface area is 227 Å². The lowest BCUT2D eigenvalue weighted by molar-refractivity contribution is -0.0722. The zero-order valence-electron chi connectivity index (χ0n) is 21.9. The molecule has 0 aliphatic heterocycles. The monoisotopic (exact) mass is 543 g/mol. The molecule has 0 spiro atoms. The van der Waals surface area contributed by atoms with E-state index in [2.05, 4.69) is 4.98 Å². The molecule has 1 unspecified atom stereocenters. The fraction of sp³-hybridized carbons (Fsp3) is 0.290. The molecule has 2 aromatic heterocycles. The number of hydrogen-bond acceptors (Lipinski definition) is 5. The van der Waals surface area contributed by atoms with Crippen LogP contribution in [0.1, 0.15) is 48.8 Å². The van der Waals surface area contributed by atoms with Gasteiger partial charge in [0.2, 0.25) is 0 Å². The number of fused-ring (bicyclic) bond motifs is 2. The van der Waals surface area contributed by atoms with Gasteiger partial charge in [-0.15, -0.1) is 0 Å². The maximum atomic E-state index is 13.9. The number of pyridine rings is 1. The second-order valence-electron chi connectivity index (χ2n) is 10.9. The second kappa shape index (κ2) is 9.24. The van der Waals surface area contributed by atoms with Crippen LogP contribution in [0, 0.1) is 18.2 Å². The first-order chi connectivity index (χ1) is 18.6. The number of sulfone groups is 1. The van der Waals surface area contributed by atoms with Crippen molar-refractivity contribution in [2.45, 2.75) is 55.3 Å². The van der Waals surface area contributed by atoms with Crippen molar-refractivity contribution in [3.8, 4) is 5.69 Å². The summed E-state index contributed by atoms with van der Waals surface area (Å²) in [7, 11) is -3.65. The van der Waals surface area contributed by atoms with E-state index in [4.69, 9.17) is 4.98 Å². The van der Waals surface area contributed by atoms with Crippen LogP contribution in [0.3, 0.4) is 0 Å². The summed E-state index contributed by atoms with van der Waals surface area (Å²) in [4.78, 5) is 9.49. The van der Waals surface area contributed by atoms with Crippen LogP contribution in [0.15, 0.2) is 89.7 Å². The largest absolute Gasteiger partial charge is 0.383 e. The van der Waals surface area contributed by atoms with E-state index in [0.717, 1.165) is 28.2 Å². The first-order valence-corrected chi connectivity index (χ1v) is 14.6. The topological polar surface area (TPSA) is 85.1 Å². The molecule has 1 fully saturated rings. The number of rotatable bonds is 5. The third-order valence-electron chi connectivity index (χ3n) is 8.58. The van der Waals surface area contributed by atoms with Gasteiger partial charge in [0, 0.05) is 23.7 Å². The number of nitrogens with zero attached hydrogens (tertiary/aromatic N) is 3. The molecule has 0 saturated heterocycles. The highest BCUT2D eigenvalue weighted by molar-refractivity contribution is 7.92. The summed E-state index contributed by atoms with van der Waals surface area (Å²) in [6.45, 7) is 3.67. The molecule has 2 aromatic carbocycles. The molecular weight excluding hydrogens is 513 g/mol. The number of hydrogen-bond donors (Lipinski definition) is 1. The molecule has 2 aliphatic carbocycles. The van der Waals surface area contributed by atoms with Crippen molar-refractivity contribution in [1.82, 2.24) is 14.5 Å². The number of aliphatic hydroxyl groups is 1. The molecule has 4 aromatic rings. The lowest BCUT2D eigenvalue weighted by Gasteiger charge is -2.52. The van der Waals surface area contributed by atoms with Gasteiger partial charge in [0.15, 0.2) is 9.84 Å². The van der Waals surface area contributed by atoms with Crippen molar-refractivity contribution < 1.29 is 17.9 Å². The quantitative estimate of drug-likeness (QED) is 0.356. The third kappa shape index (κ3) is 4.13. The molecule has 2 aliphatic rings. The second-order valence-corrected chi connectivity index (χ2v) is 13.1. The standard InChI is InChI=1S/C31H30FN3O3S/c1-21-6-13-25(14-7-21)39(37,38)26-15-8-22-17-28-27(34-20-35(28)24-11-9-23(32)10-12-24)19-31(22,18-26)30(2,36)29-5-3-4-16-33-29/h3-7,9-14,16-17,20,26,36H,8,15,18-19H2,1-2H3/t26-,30?,31+/m0/s1. The van der Waals surface area contributed by atoms with E-state index in [9.17, 15) is 17.9 Å². The van der Waals surface area contributed by atoms with Gasteiger partial charge >= 0.3 is 0 Å². The minimum Gasteiger partial charge on any atom is -0.383 e. The van der Waals surface area contributed by atoms with Crippen molar-refractivity contribution in [3.63, 3.8) is 0 Å². The minimum absolute atomic E-state index is 0.238. The van der Waals surface area contributed by atoms with Gasteiger partial charge in [0.1, 0.15) is 11.4 Å². The van der Waals surface area contributed by atoms with E-state index in [1.807, 2.05) is 35.8 Å². The van der Waals surface area contributed by atoms with Crippen molar-refractivity contribution in [3.05, 3.63) is 113 Å². The number of aryl methyl sites for hydroxylation is 1. The van der Waals surface area contributed by atoms with E-state index in [-0.39, 0.29) is 12.2 Å².